The SMILES string of the molecule is COC(=O)C(O[Si](C)(C)C)C(O[Si](C)(C)C)c1ccccc1[N+](=O)[O-]. The zero-order valence-electron chi connectivity index (χ0n) is 15.9. The molecule has 0 saturated heterocycles. The van der Waals surface area contributed by atoms with Gasteiger partial charge in [-0.05, 0) is 45.3 Å². The molecule has 0 aliphatic rings. The second-order valence-electron chi connectivity index (χ2n) is 7.64. The summed E-state index contributed by atoms with van der Waals surface area (Å²) in [5.41, 5.74) is 0.224. The quantitative estimate of drug-likeness (QED) is 0.292. The number of benzene rings is 1. The second-order valence-corrected chi connectivity index (χ2v) is 16.6. The molecule has 9 heteroatoms. The number of carbonyl (C=O) groups is 1. The van der Waals surface area contributed by atoms with E-state index < -0.39 is 39.7 Å². The molecule has 2 unspecified atom stereocenters. The molecule has 140 valence electrons. The van der Waals surface area contributed by atoms with Gasteiger partial charge in [0.25, 0.3) is 5.69 Å². The lowest BCUT2D eigenvalue weighted by Crippen LogP contribution is -2.44. The van der Waals surface area contributed by atoms with Crippen molar-refractivity contribution >= 4 is 28.3 Å². The smallest absolute Gasteiger partial charge is 0.336 e. The summed E-state index contributed by atoms with van der Waals surface area (Å²) in [6, 6.07) is 6.27. The molecule has 0 aromatic heterocycles. The maximum Gasteiger partial charge on any atom is 0.336 e. The van der Waals surface area contributed by atoms with Crippen molar-refractivity contribution in [1.82, 2.24) is 0 Å². The molecule has 0 saturated carbocycles. The topological polar surface area (TPSA) is 87.9 Å². The number of ether oxygens (including phenoxy) is 1. The summed E-state index contributed by atoms with van der Waals surface area (Å²) in [6.45, 7) is 11.7. The van der Waals surface area contributed by atoms with Crippen LogP contribution < -0.4 is 0 Å². The Morgan fingerprint density at radius 2 is 1.56 bits per heavy atom. The first-order valence-electron chi connectivity index (χ1n) is 8.02. The molecule has 0 bridgehead atoms. The highest BCUT2D eigenvalue weighted by atomic mass is 28.4. The van der Waals surface area contributed by atoms with Crippen LogP contribution in [0.3, 0.4) is 0 Å². The van der Waals surface area contributed by atoms with Gasteiger partial charge in [0.15, 0.2) is 22.7 Å². The molecular weight excluding hydrogens is 358 g/mol. The normalized spacial score (nSPS) is 14.7. The second kappa shape index (κ2) is 8.22. The highest BCUT2D eigenvalue weighted by molar-refractivity contribution is 6.70. The number of carbonyl (C=O) groups excluding carboxylic acids is 1. The van der Waals surface area contributed by atoms with Crippen LogP contribution in [0.25, 0.3) is 0 Å². The zero-order chi connectivity index (χ0) is 19.4. The number of nitro benzene ring substituents is 1. The van der Waals surface area contributed by atoms with Gasteiger partial charge >= 0.3 is 5.97 Å². The fourth-order valence-electron chi connectivity index (χ4n) is 2.29. The minimum Gasteiger partial charge on any atom is -0.467 e. The number of nitrogens with zero attached hydrogens (tertiary/aromatic N) is 1. The third-order valence-corrected chi connectivity index (χ3v) is 5.03. The van der Waals surface area contributed by atoms with Gasteiger partial charge in [-0.2, -0.15) is 0 Å². The van der Waals surface area contributed by atoms with Gasteiger partial charge in [0, 0.05) is 6.07 Å². The average molecular weight is 386 g/mol. The Morgan fingerprint density at radius 1 is 1.04 bits per heavy atom. The summed E-state index contributed by atoms with van der Waals surface area (Å²) >= 11 is 0. The number of hydrogen-bond acceptors (Lipinski definition) is 6. The first kappa shape index (κ1) is 21.5. The molecule has 0 heterocycles. The lowest BCUT2D eigenvalue weighted by molar-refractivity contribution is -0.386. The van der Waals surface area contributed by atoms with E-state index in [1.54, 1.807) is 18.2 Å². The first-order chi connectivity index (χ1) is 11.4. The minimum absolute atomic E-state index is 0.0983. The maximum absolute atomic E-state index is 12.4. The molecular formula is C16H27NO6Si2. The van der Waals surface area contributed by atoms with E-state index in [0.717, 1.165) is 0 Å². The predicted molar refractivity (Wildman–Crippen MR) is 101 cm³/mol. The highest BCUT2D eigenvalue weighted by Crippen LogP contribution is 2.35. The van der Waals surface area contributed by atoms with Crippen LogP contribution in [0.2, 0.25) is 39.3 Å². The van der Waals surface area contributed by atoms with Crippen molar-refractivity contribution in [3.8, 4) is 0 Å². The Kier molecular flexibility index (Phi) is 7.06. The van der Waals surface area contributed by atoms with E-state index in [1.807, 2.05) is 39.3 Å². The standard InChI is InChI=1S/C16H27NO6Si2/c1-21-16(18)15(23-25(5,6)7)14(22-24(2,3)4)12-10-8-9-11-13(12)17(19)20/h8-11,14-15H,1-7H3. The maximum atomic E-state index is 12.4. The van der Waals surface area contributed by atoms with E-state index in [0.29, 0.717) is 5.56 Å². The van der Waals surface area contributed by atoms with E-state index >= 15 is 0 Å². The largest absolute Gasteiger partial charge is 0.467 e. The number of methoxy groups -OCH3 is 1. The van der Waals surface area contributed by atoms with Crippen LogP contribution in [-0.2, 0) is 18.4 Å². The van der Waals surface area contributed by atoms with Crippen molar-refractivity contribution < 1.29 is 23.3 Å². The summed E-state index contributed by atoms with van der Waals surface area (Å²) in [5, 5.41) is 11.5. The number of para-hydroxylation sites is 1. The van der Waals surface area contributed by atoms with Gasteiger partial charge in [-0.15, -0.1) is 0 Å². The Balaban J connectivity index is 3.49. The van der Waals surface area contributed by atoms with Crippen LogP contribution in [0.15, 0.2) is 24.3 Å². The van der Waals surface area contributed by atoms with E-state index in [-0.39, 0.29) is 5.69 Å². The molecule has 0 N–H and O–H groups in total. The third kappa shape index (κ3) is 6.69. The van der Waals surface area contributed by atoms with E-state index in [1.165, 1.54) is 13.2 Å². The van der Waals surface area contributed by atoms with Crippen LogP contribution in [-0.4, -0.2) is 40.7 Å². The Bertz CT molecular complexity index is 624. The molecule has 1 aromatic rings. The van der Waals surface area contributed by atoms with E-state index in [9.17, 15) is 14.9 Å². The van der Waals surface area contributed by atoms with Crippen molar-refractivity contribution in [2.45, 2.75) is 51.5 Å². The molecule has 1 aromatic carbocycles. The molecule has 0 aliphatic carbocycles. The van der Waals surface area contributed by atoms with Gasteiger partial charge in [-0.25, -0.2) is 4.79 Å². The molecule has 0 spiro atoms. The van der Waals surface area contributed by atoms with Gasteiger partial charge in [-0.3, -0.25) is 10.1 Å². The van der Waals surface area contributed by atoms with Crippen molar-refractivity contribution in [3.63, 3.8) is 0 Å². The van der Waals surface area contributed by atoms with Crippen molar-refractivity contribution in [2.75, 3.05) is 7.11 Å². The Labute approximate surface area is 150 Å². The van der Waals surface area contributed by atoms with Crippen LogP contribution in [0.4, 0.5) is 5.69 Å². The molecule has 7 nitrogen and oxygen atoms in total. The highest BCUT2D eigenvalue weighted by Gasteiger charge is 2.41. The number of hydrogen-bond donors (Lipinski definition) is 0. The average Bonchev–Trinajstić information content (AvgIpc) is 2.48. The lowest BCUT2D eigenvalue weighted by Gasteiger charge is -2.34. The molecule has 0 fully saturated rings. The Morgan fingerprint density at radius 3 is 2.00 bits per heavy atom. The van der Waals surface area contributed by atoms with Gasteiger partial charge in [-0.1, -0.05) is 12.1 Å². The van der Waals surface area contributed by atoms with Crippen molar-refractivity contribution in [3.05, 3.63) is 39.9 Å². The van der Waals surface area contributed by atoms with Crippen molar-refractivity contribution in [1.29, 1.82) is 0 Å². The number of nitro groups is 1. The van der Waals surface area contributed by atoms with Gasteiger partial charge in [0.1, 0.15) is 6.10 Å². The summed E-state index contributed by atoms with van der Waals surface area (Å²) in [7, 11) is -3.03. The fraction of sp³-hybridized carbons (Fsp3) is 0.562. The fourth-order valence-corrected chi connectivity index (χ4v) is 4.29. The van der Waals surface area contributed by atoms with Gasteiger partial charge < -0.3 is 13.6 Å². The molecule has 2 atom stereocenters. The minimum atomic E-state index is -2.15. The number of esters is 1. The number of rotatable bonds is 8. The predicted octanol–water partition coefficient (Wildman–Crippen LogP) is 3.88. The van der Waals surface area contributed by atoms with E-state index in [4.69, 9.17) is 13.6 Å². The molecule has 0 aliphatic heterocycles. The summed E-state index contributed by atoms with van der Waals surface area (Å²) in [6.07, 6.45) is -1.95. The monoisotopic (exact) mass is 385 g/mol. The third-order valence-electron chi connectivity index (χ3n) is 3.11. The summed E-state index contributed by atoms with van der Waals surface area (Å²) in [5.74, 6) is -0.594. The van der Waals surface area contributed by atoms with Gasteiger partial charge in [0.2, 0.25) is 0 Å². The summed E-state index contributed by atoms with van der Waals surface area (Å²) < 4.78 is 17.1. The zero-order valence-corrected chi connectivity index (χ0v) is 17.9. The van der Waals surface area contributed by atoms with Crippen LogP contribution >= 0.6 is 0 Å². The van der Waals surface area contributed by atoms with Crippen molar-refractivity contribution in [2.24, 2.45) is 0 Å². The molecule has 25 heavy (non-hydrogen) atoms. The van der Waals surface area contributed by atoms with Crippen LogP contribution in [0.5, 0.6) is 0 Å². The molecule has 0 amide bonds. The van der Waals surface area contributed by atoms with Gasteiger partial charge in [0.05, 0.1) is 17.6 Å². The van der Waals surface area contributed by atoms with Crippen LogP contribution in [0.1, 0.15) is 11.7 Å². The first-order valence-corrected chi connectivity index (χ1v) is 14.8. The lowest BCUT2D eigenvalue weighted by atomic mass is 10.0. The van der Waals surface area contributed by atoms with Crippen LogP contribution in [0, 0.1) is 10.1 Å². The molecule has 0 radical (unpaired) electrons. The Hall–Kier alpha value is -1.56. The van der Waals surface area contributed by atoms with E-state index in [2.05, 4.69) is 0 Å². The molecule has 1 rings (SSSR count). The summed E-state index contributed by atoms with van der Waals surface area (Å²) in [4.78, 5) is 23.4.